The van der Waals surface area contributed by atoms with Crippen molar-refractivity contribution in [1.82, 2.24) is 9.78 Å². The van der Waals surface area contributed by atoms with Crippen LogP contribution in [-0.2, 0) is 6.54 Å². The summed E-state index contributed by atoms with van der Waals surface area (Å²) < 4.78 is 20.4. The standard InChI is InChI=1S/C25H23FN2O3/c1-16-7-8-17(2)23(13-16)31-15-20(29)14-28-25(30)22-6-4-3-5-21(22)24(27-28)18-9-11-19(26)12-10-18/h3-13,20,29H,14-15H2,1-2H3. The van der Waals surface area contributed by atoms with Crippen LogP contribution in [0, 0.1) is 19.7 Å². The molecule has 0 aliphatic heterocycles. The molecule has 0 saturated heterocycles. The fourth-order valence-electron chi connectivity index (χ4n) is 3.48. The quantitative estimate of drug-likeness (QED) is 0.508. The van der Waals surface area contributed by atoms with Gasteiger partial charge in [-0.1, -0.05) is 30.3 Å². The second kappa shape index (κ2) is 8.70. The number of hydrogen-bond acceptors (Lipinski definition) is 4. The second-order valence-electron chi connectivity index (χ2n) is 7.62. The van der Waals surface area contributed by atoms with Crippen molar-refractivity contribution in [1.29, 1.82) is 0 Å². The van der Waals surface area contributed by atoms with Crippen LogP contribution in [0.25, 0.3) is 22.0 Å². The number of rotatable bonds is 6. The maximum absolute atomic E-state index is 13.4. The maximum atomic E-state index is 13.4. The van der Waals surface area contributed by atoms with Crippen molar-refractivity contribution in [2.45, 2.75) is 26.5 Å². The number of fused-ring (bicyclic) bond motifs is 1. The first-order chi connectivity index (χ1) is 14.9. The molecule has 1 aromatic heterocycles. The Hall–Kier alpha value is -3.51. The number of ether oxygens (including phenoxy) is 1. The Kier molecular flexibility index (Phi) is 5.82. The van der Waals surface area contributed by atoms with Gasteiger partial charge in [0.25, 0.3) is 5.56 Å². The van der Waals surface area contributed by atoms with Crippen LogP contribution in [0.2, 0.25) is 0 Å². The lowest BCUT2D eigenvalue weighted by Gasteiger charge is -2.16. The summed E-state index contributed by atoms with van der Waals surface area (Å²) in [7, 11) is 0. The number of aryl methyl sites for hydroxylation is 2. The molecule has 0 aliphatic rings. The highest BCUT2D eigenvalue weighted by atomic mass is 19.1. The van der Waals surface area contributed by atoms with Crippen molar-refractivity contribution in [2.24, 2.45) is 0 Å². The summed E-state index contributed by atoms with van der Waals surface area (Å²) >= 11 is 0. The topological polar surface area (TPSA) is 64.3 Å². The van der Waals surface area contributed by atoms with E-state index < -0.39 is 6.10 Å². The largest absolute Gasteiger partial charge is 0.491 e. The van der Waals surface area contributed by atoms with E-state index >= 15 is 0 Å². The third kappa shape index (κ3) is 4.49. The molecule has 1 unspecified atom stereocenters. The van der Waals surface area contributed by atoms with E-state index in [0.29, 0.717) is 27.8 Å². The summed E-state index contributed by atoms with van der Waals surface area (Å²) in [5, 5.41) is 16.2. The van der Waals surface area contributed by atoms with E-state index in [1.165, 1.54) is 16.8 Å². The summed E-state index contributed by atoms with van der Waals surface area (Å²) in [5.74, 6) is 0.352. The van der Waals surface area contributed by atoms with Gasteiger partial charge in [0.15, 0.2) is 0 Å². The third-order valence-corrected chi connectivity index (χ3v) is 5.14. The van der Waals surface area contributed by atoms with E-state index in [0.717, 1.165) is 11.1 Å². The molecule has 3 aromatic carbocycles. The fraction of sp³-hybridized carbons (Fsp3) is 0.200. The summed E-state index contributed by atoms with van der Waals surface area (Å²) in [5.41, 5.74) is 2.97. The minimum atomic E-state index is -0.938. The molecular weight excluding hydrogens is 395 g/mol. The van der Waals surface area contributed by atoms with E-state index in [-0.39, 0.29) is 24.5 Å². The summed E-state index contributed by atoms with van der Waals surface area (Å²) in [6, 6.07) is 19.0. The lowest BCUT2D eigenvalue weighted by Crippen LogP contribution is -2.32. The highest BCUT2D eigenvalue weighted by Gasteiger charge is 2.15. The Morgan fingerprint density at radius 1 is 1.03 bits per heavy atom. The number of aromatic nitrogens is 2. The SMILES string of the molecule is Cc1ccc(C)c(OCC(O)Cn2nc(-c3ccc(F)cc3)c3ccccc3c2=O)c1. The predicted molar refractivity (Wildman–Crippen MR) is 119 cm³/mol. The smallest absolute Gasteiger partial charge is 0.274 e. The maximum Gasteiger partial charge on any atom is 0.274 e. The summed E-state index contributed by atoms with van der Waals surface area (Å²) in [6.07, 6.45) is -0.938. The Morgan fingerprint density at radius 2 is 1.74 bits per heavy atom. The van der Waals surface area contributed by atoms with Crippen LogP contribution < -0.4 is 10.3 Å². The van der Waals surface area contributed by atoms with Crippen molar-refractivity contribution in [3.8, 4) is 17.0 Å². The highest BCUT2D eigenvalue weighted by molar-refractivity contribution is 5.93. The Labute approximate surface area is 179 Å². The molecule has 1 N–H and O–H groups in total. The van der Waals surface area contributed by atoms with Crippen LogP contribution in [0.15, 0.2) is 71.5 Å². The van der Waals surface area contributed by atoms with Crippen LogP contribution in [-0.4, -0.2) is 27.6 Å². The fourth-order valence-corrected chi connectivity index (χ4v) is 3.48. The average molecular weight is 418 g/mol. The molecule has 158 valence electrons. The highest BCUT2D eigenvalue weighted by Crippen LogP contribution is 2.25. The van der Waals surface area contributed by atoms with E-state index in [1.807, 2.05) is 44.2 Å². The lowest BCUT2D eigenvalue weighted by atomic mass is 10.1. The van der Waals surface area contributed by atoms with E-state index in [4.69, 9.17) is 4.74 Å². The van der Waals surface area contributed by atoms with Crippen molar-refractivity contribution in [3.05, 3.63) is 94.0 Å². The van der Waals surface area contributed by atoms with Gasteiger partial charge in [0, 0.05) is 10.9 Å². The average Bonchev–Trinajstić information content (AvgIpc) is 2.77. The predicted octanol–water partition coefficient (Wildman–Crippen LogP) is 4.26. The molecule has 4 aromatic rings. The number of aliphatic hydroxyl groups excluding tert-OH is 1. The van der Waals surface area contributed by atoms with E-state index in [2.05, 4.69) is 5.10 Å². The summed E-state index contributed by atoms with van der Waals surface area (Å²) in [4.78, 5) is 13.0. The molecule has 0 amide bonds. The van der Waals surface area contributed by atoms with Crippen molar-refractivity contribution in [3.63, 3.8) is 0 Å². The Bertz CT molecular complexity index is 1280. The van der Waals surface area contributed by atoms with Gasteiger partial charge in [-0.25, -0.2) is 9.07 Å². The zero-order valence-corrected chi connectivity index (χ0v) is 17.4. The zero-order chi connectivity index (χ0) is 22.0. The normalized spacial score (nSPS) is 12.1. The van der Waals surface area contributed by atoms with Crippen LogP contribution in [0.5, 0.6) is 5.75 Å². The van der Waals surface area contributed by atoms with Crippen molar-refractivity contribution in [2.75, 3.05) is 6.61 Å². The first kappa shape index (κ1) is 20.8. The number of halogens is 1. The van der Waals surface area contributed by atoms with Gasteiger partial charge in [-0.3, -0.25) is 4.79 Å². The molecular formula is C25H23FN2O3. The van der Waals surface area contributed by atoms with Crippen LogP contribution in [0.3, 0.4) is 0 Å². The molecule has 5 nitrogen and oxygen atoms in total. The number of hydrogen-bond donors (Lipinski definition) is 1. The van der Waals surface area contributed by atoms with Gasteiger partial charge in [0.2, 0.25) is 0 Å². The first-order valence-electron chi connectivity index (χ1n) is 10.1. The molecule has 4 rings (SSSR count). The molecule has 1 heterocycles. The molecule has 1 atom stereocenters. The number of benzene rings is 3. The Morgan fingerprint density at radius 3 is 2.48 bits per heavy atom. The van der Waals surface area contributed by atoms with Gasteiger partial charge in [-0.2, -0.15) is 5.10 Å². The molecule has 6 heteroatoms. The molecule has 0 spiro atoms. The number of nitrogens with zero attached hydrogens (tertiary/aromatic N) is 2. The van der Waals surface area contributed by atoms with Gasteiger partial charge < -0.3 is 9.84 Å². The summed E-state index contributed by atoms with van der Waals surface area (Å²) in [6.45, 7) is 3.91. The molecule has 31 heavy (non-hydrogen) atoms. The van der Waals surface area contributed by atoms with Gasteiger partial charge in [0.1, 0.15) is 24.3 Å². The van der Waals surface area contributed by atoms with Crippen molar-refractivity contribution < 1.29 is 14.2 Å². The third-order valence-electron chi connectivity index (χ3n) is 5.14. The second-order valence-corrected chi connectivity index (χ2v) is 7.62. The lowest BCUT2D eigenvalue weighted by molar-refractivity contribution is 0.0879. The molecule has 0 radical (unpaired) electrons. The molecule has 0 fully saturated rings. The Balaban J connectivity index is 1.64. The first-order valence-corrected chi connectivity index (χ1v) is 10.1. The molecule has 0 bridgehead atoms. The molecule has 0 saturated carbocycles. The minimum Gasteiger partial charge on any atom is -0.491 e. The van der Waals surface area contributed by atoms with Crippen LogP contribution in [0.1, 0.15) is 11.1 Å². The van der Waals surface area contributed by atoms with E-state index in [1.54, 1.807) is 24.3 Å². The van der Waals surface area contributed by atoms with Crippen molar-refractivity contribution >= 4 is 10.8 Å². The van der Waals surface area contributed by atoms with Crippen LogP contribution >= 0.6 is 0 Å². The zero-order valence-electron chi connectivity index (χ0n) is 17.4. The molecule has 0 aliphatic carbocycles. The van der Waals surface area contributed by atoms with E-state index in [9.17, 15) is 14.3 Å². The number of aliphatic hydroxyl groups is 1. The van der Waals surface area contributed by atoms with Gasteiger partial charge in [0.05, 0.1) is 17.6 Å². The monoisotopic (exact) mass is 418 g/mol. The van der Waals surface area contributed by atoms with Gasteiger partial charge in [-0.15, -0.1) is 0 Å². The van der Waals surface area contributed by atoms with Crippen LogP contribution in [0.4, 0.5) is 4.39 Å². The van der Waals surface area contributed by atoms with Gasteiger partial charge >= 0.3 is 0 Å². The minimum absolute atomic E-state index is 0.0249. The van der Waals surface area contributed by atoms with Gasteiger partial charge in [-0.05, 0) is 61.4 Å².